The largest absolute Gasteiger partial charge is 0.494 e. The van der Waals surface area contributed by atoms with Crippen molar-refractivity contribution in [2.75, 3.05) is 6.61 Å². The molecule has 1 aromatic rings. The van der Waals surface area contributed by atoms with E-state index < -0.39 is 18.0 Å². The Kier molecular flexibility index (Phi) is 7.30. The monoisotopic (exact) mass is 378 g/mol. The van der Waals surface area contributed by atoms with E-state index in [2.05, 4.69) is 6.92 Å². The van der Waals surface area contributed by atoms with Crippen molar-refractivity contribution in [3.63, 3.8) is 0 Å². The summed E-state index contributed by atoms with van der Waals surface area (Å²) in [5.41, 5.74) is 0.983. The second kappa shape index (κ2) is 9.05. The summed E-state index contributed by atoms with van der Waals surface area (Å²) in [6, 6.07) is 7.50. The Labute approximate surface area is 151 Å². The van der Waals surface area contributed by atoms with E-state index in [0.29, 0.717) is 19.4 Å². The van der Waals surface area contributed by atoms with Crippen LogP contribution in [0.1, 0.15) is 69.8 Å². The Hall–Kier alpha value is -1.33. The average molecular weight is 378 g/mol. The normalized spacial score (nSPS) is 21.6. The first-order chi connectivity index (χ1) is 12.3. The van der Waals surface area contributed by atoms with Crippen LogP contribution in [0.15, 0.2) is 24.3 Å². The van der Waals surface area contributed by atoms with Gasteiger partial charge < -0.3 is 4.74 Å². The molecule has 0 aliphatic heterocycles. The van der Waals surface area contributed by atoms with E-state index in [9.17, 15) is 22.0 Å². The van der Waals surface area contributed by atoms with Gasteiger partial charge in [0.15, 0.2) is 0 Å². The number of alkyl halides is 5. The van der Waals surface area contributed by atoms with Crippen LogP contribution < -0.4 is 4.74 Å². The Morgan fingerprint density at radius 1 is 0.885 bits per heavy atom. The highest BCUT2D eigenvalue weighted by atomic mass is 19.4. The van der Waals surface area contributed by atoms with Gasteiger partial charge in [0.1, 0.15) is 5.75 Å². The van der Waals surface area contributed by atoms with Crippen LogP contribution in [-0.4, -0.2) is 18.7 Å². The van der Waals surface area contributed by atoms with Gasteiger partial charge in [-0.1, -0.05) is 38.3 Å². The Bertz CT molecular complexity index is 530. The number of halogens is 5. The molecule has 2 rings (SSSR count). The zero-order valence-corrected chi connectivity index (χ0v) is 15.1. The van der Waals surface area contributed by atoms with Crippen molar-refractivity contribution in [1.29, 1.82) is 0 Å². The Balaban J connectivity index is 1.82. The third-order valence-electron chi connectivity index (χ3n) is 5.24. The summed E-state index contributed by atoms with van der Waals surface area (Å²) in [4.78, 5) is 0. The van der Waals surface area contributed by atoms with Gasteiger partial charge in [0.25, 0.3) is 0 Å². The molecule has 1 fully saturated rings. The topological polar surface area (TPSA) is 9.23 Å². The van der Waals surface area contributed by atoms with E-state index >= 15 is 0 Å². The fraction of sp³-hybridized carbons (Fsp3) is 0.700. The molecule has 0 aromatic heterocycles. The predicted octanol–water partition coefficient (Wildman–Crippen LogP) is 7.12. The first-order valence-corrected chi connectivity index (χ1v) is 9.43. The van der Waals surface area contributed by atoms with Gasteiger partial charge in [0.2, 0.25) is 0 Å². The van der Waals surface area contributed by atoms with E-state index in [0.717, 1.165) is 24.2 Å². The summed E-state index contributed by atoms with van der Waals surface area (Å²) in [6.45, 7) is 2.81. The van der Waals surface area contributed by atoms with E-state index in [1.165, 1.54) is 12.8 Å². The highest BCUT2D eigenvalue weighted by Gasteiger charge is 2.62. The number of ether oxygens (including phenoxy) is 1. The van der Waals surface area contributed by atoms with E-state index in [4.69, 9.17) is 4.74 Å². The van der Waals surface area contributed by atoms with Crippen molar-refractivity contribution in [2.24, 2.45) is 5.92 Å². The van der Waals surface area contributed by atoms with Crippen LogP contribution in [0.5, 0.6) is 5.75 Å². The molecule has 0 bridgehead atoms. The van der Waals surface area contributed by atoms with Crippen molar-refractivity contribution in [2.45, 2.75) is 76.3 Å². The van der Waals surface area contributed by atoms with Gasteiger partial charge in [-0.05, 0) is 55.7 Å². The zero-order valence-electron chi connectivity index (χ0n) is 15.1. The Morgan fingerprint density at radius 2 is 1.50 bits per heavy atom. The smallest absolute Gasteiger partial charge is 0.453 e. The number of benzene rings is 1. The molecule has 6 heteroatoms. The van der Waals surface area contributed by atoms with Gasteiger partial charge in [-0.15, -0.1) is 0 Å². The van der Waals surface area contributed by atoms with Gasteiger partial charge in [0, 0.05) is 5.92 Å². The standard InChI is InChI=1S/C20H27F5O/c1-2-3-4-5-14-26-18-12-8-16(9-13-18)15-6-10-17(11-7-15)19(21,22)20(23,24)25/h8-9,12-13,15,17H,2-7,10-11,14H2,1H3/t15-,17-. The average Bonchev–Trinajstić information content (AvgIpc) is 2.61. The molecule has 1 nitrogen and oxygen atoms in total. The second-order valence-corrected chi connectivity index (χ2v) is 7.15. The predicted molar refractivity (Wildman–Crippen MR) is 91.8 cm³/mol. The third-order valence-corrected chi connectivity index (χ3v) is 5.24. The molecule has 1 saturated carbocycles. The number of unbranched alkanes of at least 4 members (excludes halogenated alkanes) is 3. The van der Waals surface area contributed by atoms with Crippen molar-refractivity contribution < 1.29 is 26.7 Å². The molecule has 0 atom stereocenters. The number of hydrogen-bond acceptors (Lipinski definition) is 1. The lowest BCUT2D eigenvalue weighted by atomic mass is 9.76. The summed E-state index contributed by atoms with van der Waals surface area (Å²) in [7, 11) is 0. The molecule has 1 aromatic carbocycles. The van der Waals surface area contributed by atoms with Crippen molar-refractivity contribution in [3.8, 4) is 5.75 Å². The summed E-state index contributed by atoms with van der Waals surface area (Å²) in [5, 5.41) is 0. The van der Waals surface area contributed by atoms with Crippen LogP contribution >= 0.6 is 0 Å². The maximum Gasteiger partial charge on any atom is 0.453 e. The van der Waals surface area contributed by atoms with Crippen LogP contribution in [0.2, 0.25) is 0 Å². The van der Waals surface area contributed by atoms with Crippen LogP contribution in [0.3, 0.4) is 0 Å². The summed E-state index contributed by atoms with van der Waals surface area (Å²) >= 11 is 0. The number of rotatable bonds is 8. The highest BCUT2D eigenvalue weighted by Crippen LogP contribution is 2.49. The van der Waals surface area contributed by atoms with Crippen LogP contribution in [0.4, 0.5) is 22.0 Å². The minimum atomic E-state index is -5.46. The first kappa shape index (κ1) is 21.0. The molecule has 0 unspecified atom stereocenters. The lowest BCUT2D eigenvalue weighted by Gasteiger charge is -2.34. The minimum Gasteiger partial charge on any atom is -0.494 e. The minimum absolute atomic E-state index is 0.0360. The summed E-state index contributed by atoms with van der Waals surface area (Å²) < 4.78 is 70.0. The third kappa shape index (κ3) is 5.34. The molecule has 0 amide bonds. The van der Waals surface area contributed by atoms with E-state index in [1.807, 2.05) is 24.3 Å². The molecule has 0 spiro atoms. The van der Waals surface area contributed by atoms with Crippen molar-refractivity contribution >= 4 is 0 Å². The van der Waals surface area contributed by atoms with Crippen molar-refractivity contribution in [1.82, 2.24) is 0 Å². The molecule has 26 heavy (non-hydrogen) atoms. The van der Waals surface area contributed by atoms with Gasteiger partial charge in [-0.2, -0.15) is 22.0 Å². The molecular formula is C20H27F5O. The molecule has 0 heterocycles. The quantitative estimate of drug-likeness (QED) is 0.346. The molecular weight excluding hydrogens is 351 g/mol. The van der Waals surface area contributed by atoms with Gasteiger partial charge in [-0.3, -0.25) is 0 Å². The van der Waals surface area contributed by atoms with Gasteiger partial charge >= 0.3 is 12.1 Å². The maximum absolute atomic E-state index is 13.5. The number of hydrogen-bond donors (Lipinski definition) is 0. The lowest BCUT2D eigenvalue weighted by molar-refractivity contribution is -0.305. The second-order valence-electron chi connectivity index (χ2n) is 7.15. The molecule has 1 aliphatic rings. The van der Waals surface area contributed by atoms with Gasteiger partial charge in [0.05, 0.1) is 6.61 Å². The van der Waals surface area contributed by atoms with Crippen molar-refractivity contribution in [3.05, 3.63) is 29.8 Å². The zero-order chi connectivity index (χ0) is 19.2. The molecule has 148 valence electrons. The van der Waals surface area contributed by atoms with E-state index in [1.54, 1.807) is 0 Å². The molecule has 0 saturated heterocycles. The highest BCUT2D eigenvalue weighted by molar-refractivity contribution is 5.29. The lowest BCUT2D eigenvalue weighted by Crippen LogP contribution is -2.44. The molecule has 1 aliphatic carbocycles. The van der Waals surface area contributed by atoms with Crippen LogP contribution in [-0.2, 0) is 0 Å². The van der Waals surface area contributed by atoms with Crippen LogP contribution in [0.25, 0.3) is 0 Å². The summed E-state index contributed by atoms with van der Waals surface area (Å²) in [5.74, 6) is -5.39. The van der Waals surface area contributed by atoms with Gasteiger partial charge in [-0.25, -0.2) is 0 Å². The van der Waals surface area contributed by atoms with Crippen LogP contribution in [0, 0.1) is 5.92 Å². The summed E-state index contributed by atoms with van der Waals surface area (Å²) in [6.07, 6.45) is -0.445. The Morgan fingerprint density at radius 3 is 2.04 bits per heavy atom. The fourth-order valence-corrected chi connectivity index (χ4v) is 3.58. The SMILES string of the molecule is CCCCCCOc1ccc([C@H]2CC[C@H](C(F)(F)C(F)(F)F)CC2)cc1. The molecule has 0 radical (unpaired) electrons. The molecule has 0 N–H and O–H groups in total. The maximum atomic E-state index is 13.5. The fourth-order valence-electron chi connectivity index (χ4n) is 3.58. The first-order valence-electron chi connectivity index (χ1n) is 9.43. The van der Waals surface area contributed by atoms with E-state index in [-0.39, 0.29) is 18.8 Å².